The molecule has 0 unspecified atom stereocenters. The molecule has 156 valence electrons. The monoisotopic (exact) mass is 398 g/mol. The summed E-state index contributed by atoms with van der Waals surface area (Å²) >= 11 is 0. The number of hydrogen-bond acceptors (Lipinski definition) is 6. The van der Waals surface area contributed by atoms with Gasteiger partial charge in [-0.3, -0.25) is 9.59 Å². The fraction of sp³-hybridized carbons (Fsp3) is 0.333. The number of carbonyl (C=O) groups excluding carboxylic acids is 2. The molecule has 8 heteroatoms. The van der Waals surface area contributed by atoms with Crippen LogP contribution < -0.4 is 33.6 Å². The smallest absolute Gasteiger partial charge is 0.251 e. The number of amides is 2. The highest BCUT2D eigenvalue weighted by atomic mass is 16.2. The van der Waals surface area contributed by atoms with E-state index in [1.807, 2.05) is 0 Å². The third-order valence-electron chi connectivity index (χ3n) is 4.54. The van der Waals surface area contributed by atoms with Crippen molar-refractivity contribution >= 4 is 11.8 Å². The lowest BCUT2D eigenvalue weighted by atomic mass is 10.1. The van der Waals surface area contributed by atoms with Crippen molar-refractivity contribution in [3.63, 3.8) is 0 Å². The van der Waals surface area contributed by atoms with E-state index in [1.165, 1.54) is 0 Å². The minimum absolute atomic E-state index is 0.129. The molecule has 0 saturated heterocycles. The Morgan fingerprint density at radius 1 is 0.621 bits per heavy atom. The predicted molar refractivity (Wildman–Crippen MR) is 114 cm³/mol. The van der Waals surface area contributed by atoms with E-state index in [1.54, 1.807) is 48.5 Å². The maximum Gasteiger partial charge on any atom is 0.251 e. The number of nitrogens with two attached hydrogens (primary N) is 4. The predicted octanol–water partition coefficient (Wildman–Crippen LogP) is 0.849. The number of rotatable bonds is 10. The van der Waals surface area contributed by atoms with Crippen LogP contribution in [0, 0.1) is 0 Å². The van der Waals surface area contributed by atoms with Crippen molar-refractivity contribution in [3.05, 3.63) is 70.8 Å². The van der Waals surface area contributed by atoms with Crippen LogP contribution in [-0.4, -0.2) is 24.9 Å². The maximum absolute atomic E-state index is 12.1. The number of hydrogen-bond donors (Lipinski definition) is 6. The van der Waals surface area contributed by atoms with Crippen LogP contribution in [0.1, 0.15) is 63.4 Å². The van der Waals surface area contributed by atoms with Crippen LogP contribution in [0.15, 0.2) is 48.5 Å². The molecule has 2 aromatic carbocycles. The lowest BCUT2D eigenvalue weighted by Crippen LogP contribution is -2.26. The van der Waals surface area contributed by atoms with Gasteiger partial charge in [0.05, 0.1) is 12.3 Å². The van der Waals surface area contributed by atoms with Gasteiger partial charge in [-0.1, -0.05) is 24.3 Å². The highest BCUT2D eigenvalue weighted by Gasteiger charge is 2.07. The van der Waals surface area contributed by atoms with Gasteiger partial charge in [-0.25, -0.2) is 0 Å². The van der Waals surface area contributed by atoms with Gasteiger partial charge in [-0.05, 0) is 54.7 Å². The van der Waals surface area contributed by atoms with E-state index < -0.39 is 12.3 Å². The maximum atomic E-state index is 12.1. The molecule has 0 saturated carbocycles. The Kier molecular flexibility index (Phi) is 8.75. The van der Waals surface area contributed by atoms with Crippen molar-refractivity contribution in [1.29, 1.82) is 0 Å². The molecule has 0 atom stereocenters. The summed E-state index contributed by atoms with van der Waals surface area (Å²) in [5.41, 5.74) is 25.1. The number of carbonyl (C=O) groups is 2. The summed E-state index contributed by atoms with van der Waals surface area (Å²) in [4.78, 5) is 24.2. The van der Waals surface area contributed by atoms with E-state index in [0.717, 1.165) is 30.4 Å². The van der Waals surface area contributed by atoms with E-state index >= 15 is 0 Å². The van der Waals surface area contributed by atoms with Crippen molar-refractivity contribution in [3.8, 4) is 0 Å². The van der Waals surface area contributed by atoms with E-state index in [9.17, 15) is 9.59 Å². The molecule has 29 heavy (non-hydrogen) atoms. The molecule has 0 aliphatic carbocycles. The molecule has 0 heterocycles. The molecular weight excluding hydrogens is 368 g/mol. The van der Waals surface area contributed by atoms with E-state index in [4.69, 9.17) is 22.9 Å². The Hall–Kier alpha value is -2.78. The highest BCUT2D eigenvalue weighted by Crippen LogP contribution is 2.09. The topological polar surface area (TPSA) is 162 Å². The van der Waals surface area contributed by atoms with E-state index in [0.29, 0.717) is 24.2 Å². The van der Waals surface area contributed by atoms with Gasteiger partial charge < -0.3 is 33.6 Å². The van der Waals surface area contributed by atoms with Crippen molar-refractivity contribution in [2.45, 2.75) is 31.6 Å². The average Bonchev–Trinajstić information content (AvgIpc) is 2.72. The molecule has 0 radical (unpaired) electrons. The van der Waals surface area contributed by atoms with Crippen LogP contribution in [-0.2, 0) is 0 Å². The quantitative estimate of drug-likeness (QED) is 0.257. The molecule has 2 aromatic rings. The van der Waals surface area contributed by atoms with Crippen LogP contribution in [0.25, 0.3) is 0 Å². The second kappa shape index (κ2) is 11.3. The Labute approximate surface area is 171 Å². The molecule has 0 aliphatic heterocycles. The number of nitrogens with one attached hydrogen (secondary N) is 2. The summed E-state index contributed by atoms with van der Waals surface area (Å²) < 4.78 is 0. The fourth-order valence-corrected chi connectivity index (χ4v) is 2.75. The van der Waals surface area contributed by atoms with Gasteiger partial charge in [-0.2, -0.15) is 0 Å². The van der Waals surface area contributed by atoms with Gasteiger partial charge >= 0.3 is 0 Å². The van der Waals surface area contributed by atoms with Crippen LogP contribution in [0.3, 0.4) is 0 Å². The third-order valence-corrected chi connectivity index (χ3v) is 4.54. The molecule has 10 N–H and O–H groups in total. The molecule has 8 nitrogen and oxygen atoms in total. The van der Waals surface area contributed by atoms with Crippen LogP contribution in [0.4, 0.5) is 0 Å². The minimum Gasteiger partial charge on any atom is -0.352 e. The first-order valence-corrected chi connectivity index (χ1v) is 9.67. The third kappa shape index (κ3) is 7.28. The van der Waals surface area contributed by atoms with Gasteiger partial charge in [0.1, 0.15) is 0 Å². The second-order valence-corrected chi connectivity index (χ2v) is 6.87. The first-order valence-electron chi connectivity index (χ1n) is 9.67. The molecule has 2 rings (SSSR count). The van der Waals surface area contributed by atoms with Gasteiger partial charge in [0.2, 0.25) is 0 Å². The summed E-state index contributed by atoms with van der Waals surface area (Å²) in [5.74, 6) is -0.257. The van der Waals surface area contributed by atoms with E-state index in [-0.39, 0.29) is 11.8 Å². The standard InChI is InChI=1S/C21H30N6O2/c22-18(23)14-4-8-16(9-5-14)20(28)26-12-2-1-3-13-27-21(29)17-10-6-15(7-11-17)19(24)25/h4-11,18-19H,1-3,12-13,22-25H2,(H,26,28)(H,27,29). The lowest BCUT2D eigenvalue weighted by Gasteiger charge is -2.09. The lowest BCUT2D eigenvalue weighted by molar-refractivity contribution is 0.0947. The molecule has 0 aliphatic rings. The Balaban J connectivity index is 1.59. The first-order chi connectivity index (χ1) is 13.9. The van der Waals surface area contributed by atoms with Crippen LogP contribution in [0.5, 0.6) is 0 Å². The summed E-state index contributed by atoms with van der Waals surface area (Å²) in [6, 6.07) is 13.8. The summed E-state index contributed by atoms with van der Waals surface area (Å²) in [7, 11) is 0. The Bertz CT molecular complexity index is 720. The first kappa shape index (κ1) is 22.5. The summed E-state index contributed by atoms with van der Waals surface area (Å²) in [6.45, 7) is 1.15. The zero-order valence-corrected chi connectivity index (χ0v) is 16.4. The fourth-order valence-electron chi connectivity index (χ4n) is 2.75. The Morgan fingerprint density at radius 2 is 0.966 bits per heavy atom. The van der Waals surface area contributed by atoms with Gasteiger partial charge in [-0.15, -0.1) is 0 Å². The number of unbranched alkanes of at least 4 members (excludes halogenated alkanes) is 2. The Morgan fingerprint density at radius 3 is 1.28 bits per heavy atom. The normalized spacial score (nSPS) is 11.0. The van der Waals surface area contributed by atoms with Gasteiger partial charge in [0.25, 0.3) is 11.8 Å². The molecule has 0 aromatic heterocycles. The molecular formula is C21H30N6O2. The zero-order valence-electron chi connectivity index (χ0n) is 16.4. The molecule has 0 spiro atoms. The van der Waals surface area contributed by atoms with Crippen LogP contribution in [0.2, 0.25) is 0 Å². The van der Waals surface area contributed by atoms with Crippen LogP contribution >= 0.6 is 0 Å². The van der Waals surface area contributed by atoms with Crippen molar-refractivity contribution in [2.24, 2.45) is 22.9 Å². The minimum atomic E-state index is -0.545. The van der Waals surface area contributed by atoms with Crippen molar-refractivity contribution in [2.75, 3.05) is 13.1 Å². The average molecular weight is 399 g/mol. The van der Waals surface area contributed by atoms with Gasteiger partial charge in [0, 0.05) is 24.2 Å². The largest absolute Gasteiger partial charge is 0.352 e. The highest BCUT2D eigenvalue weighted by molar-refractivity contribution is 5.94. The molecule has 0 bridgehead atoms. The molecule has 2 amide bonds. The summed E-state index contributed by atoms with van der Waals surface area (Å²) in [6.07, 6.45) is 1.46. The SMILES string of the molecule is NC(N)c1ccc(C(=O)NCCCCCNC(=O)c2ccc(C(N)N)cc2)cc1. The zero-order chi connectivity index (χ0) is 21.2. The summed E-state index contributed by atoms with van der Waals surface area (Å²) in [5, 5.41) is 5.76. The van der Waals surface area contributed by atoms with Crippen molar-refractivity contribution < 1.29 is 9.59 Å². The van der Waals surface area contributed by atoms with Gasteiger partial charge in [0.15, 0.2) is 0 Å². The molecule has 0 fully saturated rings. The van der Waals surface area contributed by atoms with Crippen molar-refractivity contribution in [1.82, 2.24) is 10.6 Å². The number of benzene rings is 2. The second-order valence-electron chi connectivity index (χ2n) is 6.87. The van der Waals surface area contributed by atoms with E-state index in [2.05, 4.69) is 10.6 Å².